The van der Waals surface area contributed by atoms with Crippen molar-refractivity contribution in [2.75, 3.05) is 6.61 Å². The Hall–Kier alpha value is -0.160. The van der Waals surface area contributed by atoms with Gasteiger partial charge in [0.05, 0.1) is 6.61 Å². The first-order chi connectivity index (χ1) is 4.66. The highest BCUT2D eigenvalue weighted by Crippen LogP contribution is 2.25. The van der Waals surface area contributed by atoms with Gasteiger partial charge in [-0.15, -0.1) is 0 Å². The first-order valence-corrected chi connectivity index (χ1v) is 3.14. The summed E-state index contributed by atoms with van der Waals surface area (Å²) in [5.74, 6) is 0. The van der Waals surface area contributed by atoms with Crippen molar-refractivity contribution in [1.29, 1.82) is 0 Å². The van der Waals surface area contributed by atoms with Crippen molar-refractivity contribution in [2.24, 2.45) is 0 Å². The third kappa shape index (κ3) is 1.15. The third-order valence-corrected chi connectivity index (χ3v) is 1.64. The maximum atomic E-state index is 9.07. The Kier molecular flexibility index (Phi) is 2.25. The lowest BCUT2D eigenvalue weighted by Gasteiger charge is -2.10. The summed E-state index contributed by atoms with van der Waals surface area (Å²) in [6.45, 7) is 1.30. The topological polar surface area (TPSA) is 69.9 Å². The molecule has 0 saturated carbocycles. The first-order valence-electron chi connectivity index (χ1n) is 3.14. The molecule has 59 valence electrons. The van der Waals surface area contributed by atoms with Crippen molar-refractivity contribution >= 4 is 0 Å². The van der Waals surface area contributed by atoms with E-state index in [1.807, 2.05) is 0 Å². The van der Waals surface area contributed by atoms with Gasteiger partial charge < -0.3 is 20.1 Å². The highest BCUT2D eigenvalue weighted by Gasteiger charge is 2.40. The highest BCUT2D eigenvalue weighted by molar-refractivity contribution is 4.98. The van der Waals surface area contributed by atoms with E-state index in [0.717, 1.165) is 0 Å². The van der Waals surface area contributed by atoms with Crippen molar-refractivity contribution in [2.45, 2.75) is 25.2 Å². The molecule has 3 N–H and O–H groups in total. The fraction of sp³-hybridized carbons (Fsp3) is 0.833. The van der Waals surface area contributed by atoms with Crippen molar-refractivity contribution in [3.8, 4) is 0 Å². The second-order valence-corrected chi connectivity index (χ2v) is 2.38. The van der Waals surface area contributed by atoms with Crippen LogP contribution in [0.15, 0.2) is 0 Å². The summed E-state index contributed by atoms with van der Waals surface area (Å²) in [4.78, 5) is 0. The zero-order valence-electron chi connectivity index (χ0n) is 5.69. The lowest BCUT2D eigenvalue weighted by molar-refractivity contribution is -0.00508. The molecule has 1 radical (unpaired) electrons. The molecule has 0 aromatic carbocycles. The zero-order chi connectivity index (χ0) is 7.72. The standard InChI is InChI=1S/C6H11O4/c1-3-5(8)6(9)4(2-7)10-3/h4-9H,2H2,1H3/t4-,5+,6-/m1/s1. The Morgan fingerprint density at radius 2 is 2.10 bits per heavy atom. The average Bonchev–Trinajstić information content (AvgIpc) is 2.17. The number of hydrogen-bond donors (Lipinski definition) is 3. The zero-order valence-corrected chi connectivity index (χ0v) is 5.69. The number of aliphatic hydroxyl groups is 3. The van der Waals surface area contributed by atoms with Crippen LogP contribution in [0.25, 0.3) is 0 Å². The van der Waals surface area contributed by atoms with Gasteiger partial charge in [0, 0.05) is 0 Å². The predicted molar refractivity (Wildman–Crippen MR) is 32.9 cm³/mol. The second-order valence-electron chi connectivity index (χ2n) is 2.38. The van der Waals surface area contributed by atoms with Gasteiger partial charge in [-0.25, -0.2) is 0 Å². The number of rotatable bonds is 1. The second kappa shape index (κ2) is 2.84. The maximum absolute atomic E-state index is 9.07. The van der Waals surface area contributed by atoms with Crippen LogP contribution in [-0.2, 0) is 4.74 Å². The Morgan fingerprint density at radius 1 is 1.50 bits per heavy atom. The summed E-state index contributed by atoms with van der Waals surface area (Å²) < 4.78 is 4.90. The highest BCUT2D eigenvalue weighted by atomic mass is 16.5. The summed E-state index contributed by atoms with van der Waals surface area (Å²) >= 11 is 0. The van der Waals surface area contributed by atoms with E-state index in [1.54, 1.807) is 6.92 Å². The van der Waals surface area contributed by atoms with E-state index in [0.29, 0.717) is 6.10 Å². The monoisotopic (exact) mass is 147 g/mol. The van der Waals surface area contributed by atoms with Crippen molar-refractivity contribution in [3.63, 3.8) is 0 Å². The third-order valence-electron chi connectivity index (χ3n) is 1.64. The van der Waals surface area contributed by atoms with Crippen molar-refractivity contribution in [1.82, 2.24) is 0 Å². The Balaban J connectivity index is 2.53. The van der Waals surface area contributed by atoms with Crippen LogP contribution in [0.2, 0.25) is 0 Å². The number of aliphatic hydroxyl groups excluding tert-OH is 3. The van der Waals surface area contributed by atoms with Crippen LogP contribution in [0.4, 0.5) is 0 Å². The lowest BCUT2D eigenvalue weighted by Crippen LogP contribution is -2.32. The van der Waals surface area contributed by atoms with E-state index in [9.17, 15) is 0 Å². The Labute approximate surface area is 59.1 Å². The average molecular weight is 147 g/mol. The van der Waals surface area contributed by atoms with E-state index in [4.69, 9.17) is 20.1 Å². The Morgan fingerprint density at radius 3 is 2.30 bits per heavy atom. The first kappa shape index (κ1) is 7.94. The largest absolute Gasteiger partial charge is 0.394 e. The van der Waals surface area contributed by atoms with E-state index in [1.165, 1.54) is 0 Å². The van der Waals surface area contributed by atoms with Gasteiger partial charge in [0.15, 0.2) is 0 Å². The molecule has 1 fully saturated rings. The minimum absolute atomic E-state index is 0.268. The van der Waals surface area contributed by atoms with Gasteiger partial charge in [0.1, 0.15) is 24.4 Å². The molecule has 10 heavy (non-hydrogen) atoms. The van der Waals surface area contributed by atoms with Crippen LogP contribution < -0.4 is 0 Å². The molecule has 1 aliphatic rings. The van der Waals surface area contributed by atoms with Crippen LogP contribution in [0.1, 0.15) is 6.92 Å². The molecule has 0 amide bonds. The lowest BCUT2D eigenvalue weighted by atomic mass is 10.1. The molecule has 0 aliphatic carbocycles. The van der Waals surface area contributed by atoms with Gasteiger partial charge in [0.2, 0.25) is 0 Å². The van der Waals surface area contributed by atoms with Gasteiger partial charge in [-0.1, -0.05) is 0 Å². The molecule has 0 spiro atoms. The van der Waals surface area contributed by atoms with Gasteiger partial charge in [-0.2, -0.15) is 0 Å². The Bertz CT molecular complexity index is 116. The summed E-state index contributed by atoms with van der Waals surface area (Å²) in [7, 11) is 0. The molecular weight excluding hydrogens is 136 g/mol. The number of hydrogen-bond acceptors (Lipinski definition) is 4. The normalized spacial score (nSPS) is 42.6. The SMILES string of the molecule is C[C]1O[C@H](CO)[C@@H](O)[C@H]1O. The van der Waals surface area contributed by atoms with Gasteiger partial charge in [-0.3, -0.25) is 0 Å². The van der Waals surface area contributed by atoms with Crippen LogP contribution in [0.5, 0.6) is 0 Å². The van der Waals surface area contributed by atoms with Gasteiger partial charge in [0.25, 0.3) is 0 Å². The molecule has 1 aliphatic heterocycles. The quantitative estimate of drug-likeness (QED) is 0.429. The van der Waals surface area contributed by atoms with E-state index < -0.39 is 18.3 Å². The van der Waals surface area contributed by atoms with Crippen LogP contribution in [-0.4, -0.2) is 40.2 Å². The van der Waals surface area contributed by atoms with E-state index in [2.05, 4.69) is 0 Å². The minimum atomic E-state index is -0.981. The van der Waals surface area contributed by atoms with E-state index >= 15 is 0 Å². The van der Waals surface area contributed by atoms with Gasteiger partial charge in [-0.05, 0) is 6.92 Å². The molecule has 0 bridgehead atoms. The molecule has 0 aromatic rings. The maximum Gasteiger partial charge on any atom is 0.126 e. The summed E-state index contributed by atoms with van der Waals surface area (Å²) in [6, 6.07) is 0. The predicted octanol–water partition coefficient (Wildman–Crippen LogP) is -1.35. The molecule has 4 heteroatoms. The van der Waals surface area contributed by atoms with Crippen LogP contribution in [0.3, 0.4) is 0 Å². The molecule has 0 unspecified atom stereocenters. The molecule has 1 heterocycles. The van der Waals surface area contributed by atoms with Crippen molar-refractivity contribution in [3.05, 3.63) is 6.10 Å². The fourth-order valence-electron chi connectivity index (χ4n) is 0.967. The fourth-order valence-corrected chi connectivity index (χ4v) is 0.967. The molecule has 4 nitrogen and oxygen atoms in total. The summed E-state index contributed by atoms with van der Waals surface area (Å²) in [5, 5.41) is 26.7. The molecular formula is C6H11O4. The molecule has 3 atom stereocenters. The van der Waals surface area contributed by atoms with Crippen LogP contribution in [0, 0.1) is 6.10 Å². The molecule has 1 rings (SSSR count). The minimum Gasteiger partial charge on any atom is -0.394 e. The van der Waals surface area contributed by atoms with Gasteiger partial charge >= 0.3 is 0 Å². The molecule has 0 aromatic heterocycles. The summed E-state index contributed by atoms with van der Waals surface area (Å²) in [5.41, 5.74) is 0. The van der Waals surface area contributed by atoms with Crippen molar-refractivity contribution < 1.29 is 20.1 Å². The van der Waals surface area contributed by atoms with E-state index in [-0.39, 0.29) is 6.61 Å². The number of ether oxygens (including phenoxy) is 1. The van der Waals surface area contributed by atoms with Crippen LogP contribution >= 0.6 is 0 Å². The molecule has 1 saturated heterocycles. The summed E-state index contributed by atoms with van der Waals surface area (Å²) in [6.07, 6.45) is -2.22. The smallest absolute Gasteiger partial charge is 0.126 e.